The maximum absolute atomic E-state index is 13.0. The molecule has 7 atom stereocenters. The van der Waals surface area contributed by atoms with Crippen molar-refractivity contribution in [1.29, 1.82) is 0 Å². The van der Waals surface area contributed by atoms with Gasteiger partial charge >= 0.3 is 0 Å². The Hall–Kier alpha value is -2.89. The zero-order valence-electron chi connectivity index (χ0n) is 40.2. The largest absolute Gasteiger partial charge is 0.394 e. The van der Waals surface area contributed by atoms with Crippen LogP contribution in [0.5, 0.6) is 0 Å². The van der Waals surface area contributed by atoms with E-state index in [9.17, 15) is 30.3 Å². The van der Waals surface area contributed by atoms with Gasteiger partial charge < -0.3 is 40.3 Å². The molecule has 0 radical (unpaired) electrons. The summed E-state index contributed by atoms with van der Waals surface area (Å²) in [4.78, 5) is 13.0. The molecule has 1 aliphatic heterocycles. The lowest BCUT2D eigenvalue weighted by Gasteiger charge is -2.40. The molecule has 9 nitrogen and oxygen atoms in total. The number of ether oxygens (including phenoxy) is 2. The number of rotatable bonds is 41. The number of allylic oxidation sites excluding steroid dienone is 15. The Labute approximate surface area is 390 Å². The van der Waals surface area contributed by atoms with E-state index in [1.807, 2.05) is 6.08 Å². The molecule has 0 aromatic rings. The zero-order chi connectivity index (χ0) is 46.6. The number of unbranched alkanes of at least 4 members (excludes halogenated alkanes) is 17. The van der Waals surface area contributed by atoms with E-state index < -0.39 is 49.5 Å². The van der Waals surface area contributed by atoms with E-state index in [0.29, 0.717) is 12.8 Å². The first-order valence-corrected chi connectivity index (χ1v) is 25.5. The Morgan fingerprint density at radius 3 is 1.50 bits per heavy atom. The van der Waals surface area contributed by atoms with Gasteiger partial charge in [0.15, 0.2) is 6.29 Å². The van der Waals surface area contributed by atoms with Crippen LogP contribution in [0.15, 0.2) is 97.2 Å². The second-order valence-electron chi connectivity index (χ2n) is 17.2. The molecule has 1 heterocycles. The summed E-state index contributed by atoms with van der Waals surface area (Å²) in [5, 5.41) is 54.3. The molecule has 1 aliphatic rings. The van der Waals surface area contributed by atoms with Crippen molar-refractivity contribution in [3.63, 3.8) is 0 Å². The summed E-state index contributed by atoms with van der Waals surface area (Å²) in [6.45, 7) is 3.62. The number of nitrogens with one attached hydrogen (secondary N) is 1. The van der Waals surface area contributed by atoms with E-state index in [4.69, 9.17) is 9.47 Å². The number of amides is 1. The van der Waals surface area contributed by atoms with Crippen molar-refractivity contribution >= 4 is 5.91 Å². The molecule has 64 heavy (non-hydrogen) atoms. The minimum absolute atomic E-state index is 0.215. The second-order valence-corrected chi connectivity index (χ2v) is 17.2. The second kappa shape index (κ2) is 44.0. The summed E-state index contributed by atoms with van der Waals surface area (Å²) in [7, 11) is 0. The van der Waals surface area contributed by atoms with Crippen LogP contribution in [0.25, 0.3) is 0 Å². The highest BCUT2D eigenvalue weighted by molar-refractivity contribution is 5.76. The first-order valence-electron chi connectivity index (χ1n) is 25.5. The molecule has 6 N–H and O–H groups in total. The molecule has 0 aliphatic carbocycles. The maximum atomic E-state index is 13.0. The van der Waals surface area contributed by atoms with Crippen LogP contribution in [0.3, 0.4) is 0 Å². The first kappa shape index (κ1) is 59.1. The Morgan fingerprint density at radius 1 is 0.547 bits per heavy atom. The van der Waals surface area contributed by atoms with Gasteiger partial charge in [-0.1, -0.05) is 195 Å². The van der Waals surface area contributed by atoms with Crippen LogP contribution in [-0.4, -0.2) is 87.5 Å². The van der Waals surface area contributed by atoms with Crippen LogP contribution in [0.1, 0.15) is 187 Å². The third-order valence-corrected chi connectivity index (χ3v) is 11.4. The van der Waals surface area contributed by atoms with E-state index >= 15 is 0 Å². The maximum Gasteiger partial charge on any atom is 0.220 e. The van der Waals surface area contributed by atoms with Crippen molar-refractivity contribution in [2.24, 2.45) is 0 Å². The van der Waals surface area contributed by atoms with Gasteiger partial charge in [0.1, 0.15) is 24.4 Å². The molecule has 1 fully saturated rings. The molecule has 0 spiro atoms. The molecule has 1 amide bonds. The lowest BCUT2D eigenvalue weighted by atomic mass is 9.99. The van der Waals surface area contributed by atoms with E-state index in [1.54, 1.807) is 6.08 Å². The number of aliphatic hydroxyl groups excluding tert-OH is 5. The van der Waals surface area contributed by atoms with Crippen molar-refractivity contribution in [2.45, 2.75) is 230 Å². The number of carbonyl (C=O) groups excluding carboxylic acids is 1. The Bertz CT molecular complexity index is 1320. The molecule has 366 valence electrons. The summed E-state index contributed by atoms with van der Waals surface area (Å²) in [6, 6.07) is -0.842. The topological polar surface area (TPSA) is 149 Å². The van der Waals surface area contributed by atoms with Gasteiger partial charge in [-0.25, -0.2) is 0 Å². The number of carbonyl (C=O) groups is 1. The Morgan fingerprint density at radius 2 is 0.984 bits per heavy atom. The van der Waals surface area contributed by atoms with E-state index in [0.717, 1.165) is 83.5 Å². The summed E-state index contributed by atoms with van der Waals surface area (Å²) < 4.78 is 11.2. The standard InChI is InChI=1S/C55H93NO8/c1-3-5-7-9-11-13-15-17-19-21-23-24-25-26-27-29-31-33-35-37-39-41-43-45-51(59)56-48(47-63-55-54(62)53(61)52(60)50(46-57)64-55)49(58)44-42-40-38-36-34-32-30-28-22-20-18-16-14-12-10-8-6-4-2/h5,7,11,13,17,19,23-24,26-27,31,33-34,36,42,44,48-50,52-55,57-58,60-62H,3-4,6,8-10,12,14-16,18,20-22,25,28-30,32,35,37-41,43,45-47H2,1-2H3,(H,56,59)/b7-5-,13-11-,19-17-,24-23-,27-26-,33-31-,36-34+,44-42+. The highest BCUT2D eigenvalue weighted by Crippen LogP contribution is 2.22. The van der Waals surface area contributed by atoms with Crippen molar-refractivity contribution in [1.82, 2.24) is 5.32 Å². The van der Waals surface area contributed by atoms with Crippen molar-refractivity contribution in [2.75, 3.05) is 13.2 Å². The average Bonchev–Trinajstić information content (AvgIpc) is 3.29. The number of hydrogen-bond donors (Lipinski definition) is 6. The predicted molar refractivity (Wildman–Crippen MR) is 267 cm³/mol. The quantitative estimate of drug-likeness (QED) is 0.0262. The van der Waals surface area contributed by atoms with Gasteiger partial charge in [0.25, 0.3) is 0 Å². The highest BCUT2D eigenvalue weighted by Gasteiger charge is 2.44. The first-order chi connectivity index (χ1) is 31.3. The molecular weight excluding hydrogens is 803 g/mol. The third kappa shape index (κ3) is 33.6. The smallest absolute Gasteiger partial charge is 0.220 e. The molecule has 7 unspecified atom stereocenters. The summed E-state index contributed by atoms with van der Waals surface area (Å²) in [5.41, 5.74) is 0. The number of hydrogen-bond acceptors (Lipinski definition) is 8. The van der Waals surface area contributed by atoms with Gasteiger partial charge in [0.2, 0.25) is 5.91 Å². The van der Waals surface area contributed by atoms with Gasteiger partial charge in [0.05, 0.1) is 25.4 Å². The lowest BCUT2D eigenvalue weighted by molar-refractivity contribution is -0.302. The molecule has 9 heteroatoms. The van der Waals surface area contributed by atoms with Crippen molar-refractivity contribution < 1.29 is 39.8 Å². The third-order valence-electron chi connectivity index (χ3n) is 11.4. The molecule has 0 aromatic carbocycles. The van der Waals surface area contributed by atoms with E-state index in [2.05, 4.69) is 104 Å². The van der Waals surface area contributed by atoms with Crippen molar-refractivity contribution in [3.05, 3.63) is 97.2 Å². The van der Waals surface area contributed by atoms with Crippen LogP contribution in [-0.2, 0) is 14.3 Å². The minimum atomic E-state index is -1.58. The van der Waals surface area contributed by atoms with Crippen LogP contribution in [0.4, 0.5) is 0 Å². The average molecular weight is 896 g/mol. The minimum Gasteiger partial charge on any atom is -0.394 e. The fraction of sp³-hybridized carbons (Fsp3) is 0.691. The molecule has 0 bridgehead atoms. The lowest BCUT2D eigenvalue weighted by Crippen LogP contribution is -2.60. The van der Waals surface area contributed by atoms with Gasteiger partial charge in [-0.3, -0.25) is 4.79 Å². The van der Waals surface area contributed by atoms with Crippen LogP contribution in [0.2, 0.25) is 0 Å². The molecular formula is C55H93NO8. The van der Waals surface area contributed by atoms with Crippen LogP contribution < -0.4 is 5.32 Å². The van der Waals surface area contributed by atoms with Gasteiger partial charge in [-0.05, 0) is 83.5 Å². The van der Waals surface area contributed by atoms with Gasteiger partial charge in [-0.15, -0.1) is 0 Å². The SMILES string of the molecule is CC/C=C\C/C=C\C/C=C\C/C=C\C/C=C\C/C=C\CCCCCCC(=O)NC(COC1OC(CO)C(O)C(O)C1O)C(O)/C=C/CC/C=C/CCCCCCCCCCCCCC. The van der Waals surface area contributed by atoms with Gasteiger partial charge in [0, 0.05) is 6.42 Å². The molecule has 0 aromatic heterocycles. The highest BCUT2D eigenvalue weighted by atomic mass is 16.7. The molecule has 1 saturated heterocycles. The van der Waals surface area contributed by atoms with Crippen LogP contribution in [0, 0.1) is 0 Å². The predicted octanol–water partition coefficient (Wildman–Crippen LogP) is 11.7. The zero-order valence-corrected chi connectivity index (χ0v) is 40.2. The summed E-state index contributed by atoms with van der Waals surface area (Å²) in [5.74, 6) is -0.215. The van der Waals surface area contributed by atoms with E-state index in [-0.39, 0.29) is 12.5 Å². The molecule has 1 rings (SSSR count). The monoisotopic (exact) mass is 896 g/mol. The van der Waals surface area contributed by atoms with E-state index in [1.165, 1.54) is 77.0 Å². The number of aliphatic hydroxyl groups is 5. The molecule has 0 saturated carbocycles. The Kier molecular flexibility index (Phi) is 40.6. The normalized spacial score (nSPS) is 20.9. The summed E-state index contributed by atoms with van der Waals surface area (Å²) >= 11 is 0. The fourth-order valence-electron chi connectivity index (χ4n) is 7.35. The Balaban J connectivity index is 2.37. The van der Waals surface area contributed by atoms with Crippen LogP contribution >= 0.6 is 0 Å². The fourth-order valence-corrected chi connectivity index (χ4v) is 7.35. The van der Waals surface area contributed by atoms with Crippen molar-refractivity contribution in [3.8, 4) is 0 Å². The summed E-state index contributed by atoms with van der Waals surface area (Å²) in [6.07, 6.45) is 55.9. The van der Waals surface area contributed by atoms with Gasteiger partial charge in [-0.2, -0.15) is 0 Å².